The molecule has 0 bridgehead atoms. The molecule has 9 nitrogen and oxygen atoms in total. The maximum Gasteiger partial charge on any atom is 1.00 e. The molecule has 15 heteroatoms. The van der Waals surface area contributed by atoms with Gasteiger partial charge in [0.1, 0.15) is 27.9 Å². The summed E-state index contributed by atoms with van der Waals surface area (Å²) in [4.78, 5) is 17.3. The largest absolute Gasteiger partial charge is 1.00 e. The Bertz CT molecular complexity index is 1180. The van der Waals surface area contributed by atoms with Gasteiger partial charge in [0.2, 0.25) is 5.88 Å². The van der Waals surface area contributed by atoms with Gasteiger partial charge < -0.3 is 24.2 Å². The number of carbonyl (C=O) groups excluding carboxylic acids is 1. The predicted molar refractivity (Wildman–Crippen MR) is 104 cm³/mol. The van der Waals surface area contributed by atoms with Gasteiger partial charge in [0.15, 0.2) is 0 Å². The molecule has 1 aromatic carbocycles. The number of hydrogen-bond acceptors (Lipinski definition) is 7. The van der Waals surface area contributed by atoms with Crippen LogP contribution in [0, 0.1) is 0 Å². The maximum absolute atomic E-state index is 12.8. The first kappa shape index (κ1) is 26.5. The quantitative estimate of drug-likeness (QED) is 0.551. The molecule has 0 saturated carbocycles. The number of carbonyl (C=O) groups is 1. The molecular formula is C18H14ClF3KN3O6S. The van der Waals surface area contributed by atoms with E-state index in [2.05, 4.69) is 14.4 Å². The first-order valence-electron chi connectivity index (χ1n) is 9.08. The van der Waals surface area contributed by atoms with Gasteiger partial charge in [-0.05, 0) is 24.6 Å². The molecule has 1 fully saturated rings. The van der Waals surface area contributed by atoms with Gasteiger partial charge in [-0.3, -0.25) is 4.79 Å². The topological polar surface area (TPSA) is 120 Å². The van der Waals surface area contributed by atoms with Crippen LogP contribution in [0.4, 0.5) is 18.9 Å². The summed E-state index contributed by atoms with van der Waals surface area (Å²) in [5.74, 6) is -1.59. The van der Waals surface area contributed by atoms with Crippen LogP contribution in [0.3, 0.4) is 0 Å². The number of pyridine rings is 1. The van der Waals surface area contributed by atoms with E-state index in [1.807, 2.05) is 0 Å². The molecule has 1 N–H and O–H groups in total. The number of nitrogens with zero attached hydrogens (tertiary/aromatic N) is 3. The van der Waals surface area contributed by atoms with Gasteiger partial charge >= 0.3 is 57.7 Å². The van der Waals surface area contributed by atoms with Gasteiger partial charge in [-0.25, -0.2) is 13.4 Å². The zero-order chi connectivity index (χ0) is 23.3. The molecular weight excluding hydrogens is 518 g/mol. The van der Waals surface area contributed by atoms with Crippen molar-refractivity contribution in [2.45, 2.75) is 29.8 Å². The van der Waals surface area contributed by atoms with Crippen molar-refractivity contribution in [2.75, 3.05) is 13.2 Å². The summed E-state index contributed by atoms with van der Waals surface area (Å²) < 4.78 is 76.3. The van der Waals surface area contributed by atoms with Gasteiger partial charge in [0.25, 0.3) is 5.91 Å². The molecule has 2 aliphatic heterocycles. The Morgan fingerprint density at radius 3 is 2.73 bits per heavy atom. The molecule has 2 atom stereocenters. The summed E-state index contributed by atoms with van der Waals surface area (Å²) in [5, 5.41) is 9.66. The Morgan fingerprint density at radius 2 is 2.03 bits per heavy atom. The number of rotatable bonds is 4. The van der Waals surface area contributed by atoms with E-state index in [-0.39, 0.29) is 92.7 Å². The van der Waals surface area contributed by atoms with Crippen LogP contribution in [-0.2, 0) is 10.0 Å². The minimum absolute atomic E-state index is 0. The molecule has 4 rings (SSSR count). The third-order valence-electron chi connectivity index (χ3n) is 4.77. The number of ether oxygens (including phenoxy) is 2. The summed E-state index contributed by atoms with van der Waals surface area (Å²) in [6, 6.07) is 3.28. The van der Waals surface area contributed by atoms with Crippen molar-refractivity contribution >= 4 is 33.2 Å². The monoisotopic (exact) mass is 531 g/mol. The smallest absolute Gasteiger partial charge is 0.571 e. The molecule has 2 aromatic rings. The van der Waals surface area contributed by atoms with E-state index in [1.54, 1.807) is 0 Å². The van der Waals surface area contributed by atoms with Gasteiger partial charge in [0, 0.05) is 17.8 Å². The van der Waals surface area contributed by atoms with Crippen molar-refractivity contribution in [2.24, 2.45) is 0 Å². The zero-order valence-corrected chi connectivity index (χ0v) is 21.6. The normalized spacial score (nSPS) is 20.2. The number of alkyl halides is 3. The minimum Gasteiger partial charge on any atom is -0.571 e. The van der Waals surface area contributed by atoms with Gasteiger partial charge in [-0.1, -0.05) is 17.7 Å². The van der Waals surface area contributed by atoms with Gasteiger partial charge in [0.05, 0.1) is 17.0 Å². The summed E-state index contributed by atoms with van der Waals surface area (Å²) in [5.41, 5.74) is -0.410. The molecule has 0 radical (unpaired) electrons. The van der Waals surface area contributed by atoms with Crippen LogP contribution < -0.4 is 60.9 Å². The number of benzene rings is 1. The van der Waals surface area contributed by atoms with Crippen molar-refractivity contribution in [1.82, 2.24) is 9.88 Å². The van der Waals surface area contributed by atoms with E-state index in [9.17, 15) is 31.5 Å². The third kappa shape index (κ3) is 5.93. The summed E-state index contributed by atoms with van der Waals surface area (Å²) >= 11 is 5.75. The van der Waals surface area contributed by atoms with Crippen molar-refractivity contribution in [1.29, 1.82) is 0 Å². The Morgan fingerprint density at radius 1 is 1.30 bits per heavy atom. The number of aromatic nitrogens is 1. The second-order valence-electron chi connectivity index (χ2n) is 7.06. The number of halogens is 4. The van der Waals surface area contributed by atoms with Crippen LogP contribution in [0.1, 0.15) is 16.8 Å². The summed E-state index contributed by atoms with van der Waals surface area (Å²) in [6.07, 6.45) is -4.54. The van der Waals surface area contributed by atoms with Crippen molar-refractivity contribution in [3.05, 3.63) is 45.8 Å². The molecule has 2 aliphatic rings. The van der Waals surface area contributed by atoms with Crippen molar-refractivity contribution < 1.29 is 92.3 Å². The number of fused-ring (bicyclic) bond motifs is 2. The second kappa shape index (κ2) is 9.85. The average Bonchev–Trinajstić information content (AvgIpc) is 3.01. The maximum atomic E-state index is 12.8. The summed E-state index contributed by atoms with van der Waals surface area (Å²) in [7, 11) is -4.75. The first-order chi connectivity index (χ1) is 14.9. The minimum atomic E-state index is -5.15. The zero-order valence-electron chi connectivity index (χ0n) is 16.9. The van der Waals surface area contributed by atoms with E-state index in [4.69, 9.17) is 16.3 Å². The van der Waals surface area contributed by atoms with Crippen molar-refractivity contribution in [3.8, 4) is 11.6 Å². The van der Waals surface area contributed by atoms with Crippen LogP contribution in [0.25, 0.3) is 4.72 Å². The molecule has 1 aromatic heterocycles. The molecule has 0 aliphatic carbocycles. The van der Waals surface area contributed by atoms with Gasteiger partial charge in [-0.15, -0.1) is 18.9 Å². The number of aliphatic hydroxyl groups excluding tert-OH is 1. The van der Waals surface area contributed by atoms with Crippen LogP contribution in [0.5, 0.6) is 11.6 Å². The fraction of sp³-hybridized carbons (Fsp3) is 0.333. The van der Waals surface area contributed by atoms with Crippen LogP contribution in [0.2, 0.25) is 5.02 Å². The Labute approximate surface area is 233 Å². The average molecular weight is 532 g/mol. The fourth-order valence-corrected chi connectivity index (χ4v) is 4.82. The Hall–Kier alpha value is -1.13. The first-order valence-corrected chi connectivity index (χ1v) is 10.9. The van der Waals surface area contributed by atoms with Crippen molar-refractivity contribution in [3.63, 3.8) is 0 Å². The second-order valence-corrected chi connectivity index (χ2v) is 9.07. The fourth-order valence-electron chi connectivity index (χ4n) is 3.47. The molecule has 3 heterocycles. The number of aliphatic hydroxyl groups is 1. The molecule has 33 heavy (non-hydrogen) atoms. The van der Waals surface area contributed by atoms with E-state index in [0.29, 0.717) is 6.42 Å². The van der Waals surface area contributed by atoms with E-state index in [0.717, 1.165) is 30.5 Å². The van der Waals surface area contributed by atoms with Crippen LogP contribution >= 0.6 is 11.6 Å². The van der Waals surface area contributed by atoms with Gasteiger partial charge in [-0.2, -0.15) is 0 Å². The molecule has 172 valence electrons. The third-order valence-corrected chi connectivity index (χ3v) is 6.33. The Kier molecular flexibility index (Phi) is 7.90. The molecule has 0 spiro atoms. The number of hydrogen-bond donors (Lipinski definition) is 1. The van der Waals surface area contributed by atoms with E-state index in [1.165, 1.54) is 4.90 Å². The number of amides is 1. The number of sulfonamides is 1. The molecule has 1 amide bonds. The van der Waals surface area contributed by atoms with Crippen LogP contribution in [-0.4, -0.2) is 61.0 Å². The standard InChI is InChI=1S/C18H14ClF3N3O6S.K/c19-9-1-2-14(31-18(20,21)22)15(3-9)32(28,29)24-10-4-13-16(23-6-10)30-8-11-5-12(26)7-25(11)17(13)27;/h1-4,6,11-12,26H,5,7-8H2;/q-1;+1/t11-,12+;/m1./s1. The van der Waals surface area contributed by atoms with E-state index < -0.39 is 39.0 Å². The summed E-state index contributed by atoms with van der Waals surface area (Å²) in [6.45, 7) is 0.171. The Balaban J connectivity index is 0.00000306. The SMILES string of the molecule is O=C1c2cc([N-]S(=O)(=O)c3cc(Cl)ccc3OC(F)(F)F)cnc2OC[C@H]2C[C@H](O)CN12.[K+]. The van der Waals surface area contributed by atoms with E-state index >= 15 is 0 Å². The molecule has 0 unspecified atom stereocenters. The van der Waals surface area contributed by atoms with Crippen LogP contribution in [0.15, 0.2) is 35.4 Å². The predicted octanol–water partition coefficient (Wildman–Crippen LogP) is -0.000500. The molecule has 1 saturated heterocycles.